The molecule has 4 rings (SSSR count). The lowest BCUT2D eigenvalue weighted by Gasteiger charge is -2.19. The molecule has 0 aliphatic heterocycles. The Hall–Kier alpha value is -4.23. The smallest absolute Gasteiger partial charge is 0.573 e. The molecule has 214 valence electrons. The molecule has 0 radical (unpaired) electrons. The van der Waals surface area contributed by atoms with Crippen molar-refractivity contribution in [3.05, 3.63) is 96.1 Å². The number of hydrogen-bond acceptors (Lipinski definition) is 5. The van der Waals surface area contributed by atoms with Crippen LogP contribution in [0.5, 0.6) is 5.75 Å². The molecule has 0 saturated heterocycles. The summed E-state index contributed by atoms with van der Waals surface area (Å²) in [6.07, 6.45) is -4.83. The normalized spacial score (nSPS) is 13.1. The molecule has 0 aliphatic carbocycles. The van der Waals surface area contributed by atoms with Gasteiger partial charge < -0.3 is 24.6 Å². The van der Waals surface area contributed by atoms with E-state index in [4.69, 9.17) is 5.41 Å². The number of anilines is 1. The van der Waals surface area contributed by atoms with Crippen LogP contribution in [0, 0.1) is 12.3 Å². The number of aromatic nitrogens is 2. The van der Waals surface area contributed by atoms with E-state index in [0.29, 0.717) is 33.0 Å². The third kappa shape index (κ3) is 7.30. The molecule has 13 heteroatoms. The van der Waals surface area contributed by atoms with Crippen LogP contribution >= 0.6 is 0 Å². The molecule has 0 amide bonds. The second kappa shape index (κ2) is 11.7. The molecule has 0 fully saturated rings. The number of aryl methyl sites for hydroxylation is 1. The Kier molecular flexibility index (Phi) is 8.50. The molecule has 3 aromatic carbocycles. The van der Waals surface area contributed by atoms with Crippen molar-refractivity contribution in [2.24, 2.45) is 0 Å². The number of nitrogens with zero attached hydrogens (tertiary/aromatic N) is 2. The standard InChI is InChI=1S/C28H22F6N4O2S/c1-17-36-26(27(29,30)31)16-38(17)25-11-6-19(18-4-3-5-22(14-18)41(2)39)15-23(25)24(12-13-35)37-20-7-9-21(10-8-20)40-28(32,33)34/h3-16,35,37H,1-2H3/b24-12-,35-13?. The van der Waals surface area contributed by atoms with Gasteiger partial charge in [-0.1, -0.05) is 18.2 Å². The maximum Gasteiger partial charge on any atom is 0.573 e. The van der Waals surface area contributed by atoms with Gasteiger partial charge in [0.2, 0.25) is 0 Å². The number of allylic oxidation sites excluding steroid dienone is 1. The van der Waals surface area contributed by atoms with Gasteiger partial charge in [-0.15, -0.1) is 13.2 Å². The lowest BCUT2D eigenvalue weighted by atomic mass is 9.99. The van der Waals surface area contributed by atoms with Gasteiger partial charge in [0, 0.05) is 35.4 Å². The Morgan fingerprint density at radius 2 is 1.68 bits per heavy atom. The summed E-state index contributed by atoms with van der Waals surface area (Å²) in [6, 6.07) is 16.8. The lowest BCUT2D eigenvalue weighted by Crippen LogP contribution is -2.17. The molecule has 41 heavy (non-hydrogen) atoms. The van der Waals surface area contributed by atoms with E-state index >= 15 is 0 Å². The van der Waals surface area contributed by atoms with Gasteiger partial charge in [0.1, 0.15) is 17.8 Å². The summed E-state index contributed by atoms with van der Waals surface area (Å²) >= 11 is -1.26. The van der Waals surface area contributed by atoms with Gasteiger partial charge in [-0.05, 0) is 77.8 Å². The quantitative estimate of drug-likeness (QED) is 0.125. The number of nitrogens with one attached hydrogen (secondary N) is 2. The van der Waals surface area contributed by atoms with E-state index in [1.807, 2.05) is 0 Å². The molecule has 2 N–H and O–H groups in total. The van der Waals surface area contributed by atoms with Gasteiger partial charge in [-0.2, -0.15) is 13.2 Å². The number of halogens is 6. The first-order valence-corrected chi connectivity index (χ1v) is 13.4. The van der Waals surface area contributed by atoms with Crippen LogP contribution < -0.4 is 10.1 Å². The minimum absolute atomic E-state index is 0.0533. The molecule has 6 nitrogen and oxygen atoms in total. The van der Waals surface area contributed by atoms with Crippen molar-refractivity contribution < 1.29 is 35.6 Å². The van der Waals surface area contributed by atoms with Crippen LogP contribution in [-0.2, 0) is 17.4 Å². The zero-order valence-electron chi connectivity index (χ0n) is 21.5. The number of rotatable bonds is 8. The Bertz CT molecular complexity index is 1580. The van der Waals surface area contributed by atoms with Gasteiger partial charge in [-0.25, -0.2) is 4.98 Å². The Labute approximate surface area is 234 Å². The van der Waals surface area contributed by atoms with Crippen LogP contribution in [0.3, 0.4) is 0 Å². The topological polar surface area (TPSA) is 86.0 Å². The van der Waals surface area contributed by atoms with Crippen LogP contribution in [0.2, 0.25) is 0 Å². The van der Waals surface area contributed by atoms with Gasteiger partial charge in [0.25, 0.3) is 0 Å². The van der Waals surface area contributed by atoms with Crippen LogP contribution in [-0.4, -0.2) is 32.9 Å². The highest BCUT2D eigenvalue weighted by Gasteiger charge is 2.35. The second-order valence-electron chi connectivity index (χ2n) is 8.70. The van der Waals surface area contributed by atoms with Crippen molar-refractivity contribution in [2.45, 2.75) is 24.4 Å². The maximum atomic E-state index is 13.5. The molecular formula is C28H22F6N4O2S. The summed E-state index contributed by atoms with van der Waals surface area (Å²) in [5.74, 6) is -0.386. The van der Waals surface area contributed by atoms with Crippen molar-refractivity contribution in [1.29, 1.82) is 5.41 Å². The fraction of sp³-hybridized carbons (Fsp3) is 0.143. The zero-order valence-corrected chi connectivity index (χ0v) is 22.3. The third-order valence-electron chi connectivity index (χ3n) is 5.84. The minimum Gasteiger partial charge on any atom is -0.612 e. The van der Waals surface area contributed by atoms with E-state index < -0.39 is 35.2 Å². The summed E-state index contributed by atoms with van der Waals surface area (Å²) in [5, 5.41) is 10.7. The van der Waals surface area contributed by atoms with Crippen molar-refractivity contribution in [1.82, 2.24) is 9.55 Å². The van der Waals surface area contributed by atoms with Gasteiger partial charge in [0.05, 0.1) is 5.69 Å². The van der Waals surface area contributed by atoms with E-state index in [-0.39, 0.29) is 11.5 Å². The number of alkyl halides is 6. The Morgan fingerprint density at radius 3 is 2.27 bits per heavy atom. The van der Waals surface area contributed by atoms with E-state index in [0.717, 1.165) is 24.5 Å². The third-order valence-corrected chi connectivity index (χ3v) is 6.75. The van der Waals surface area contributed by atoms with Gasteiger partial charge in [0.15, 0.2) is 10.6 Å². The summed E-state index contributed by atoms with van der Waals surface area (Å²) in [5.41, 5.74) is 1.47. The maximum absolute atomic E-state index is 13.5. The number of ether oxygens (including phenoxy) is 1. The van der Waals surface area contributed by atoms with E-state index in [2.05, 4.69) is 15.0 Å². The lowest BCUT2D eigenvalue weighted by molar-refractivity contribution is -0.274. The van der Waals surface area contributed by atoms with Crippen LogP contribution in [0.15, 0.2) is 83.9 Å². The molecule has 1 unspecified atom stereocenters. The van der Waals surface area contributed by atoms with E-state index in [9.17, 15) is 30.9 Å². The first kappa shape index (κ1) is 29.7. The largest absolute Gasteiger partial charge is 0.612 e. The Balaban J connectivity index is 1.84. The van der Waals surface area contributed by atoms with Crippen molar-refractivity contribution in [2.75, 3.05) is 11.6 Å². The van der Waals surface area contributed by atoms with Crippen LogP contribution in [0.4, 0.5) is 32.0 Å². The van der Waals surface area contributed by atoms with Crippen molar-refractivity contribution >= 4 is 28.8 Å². The zero-order chi connectivity index (χ0) is 29.9. The predicted molar refractivity (Wildman–Crippen MR) is 145 cm³/mol. The first-order chi connectivity index (χ1) is 19.2. The SMILES string of the molecule is Cc1nc(C(F)(F)F)cn1-c1ccc(-c2cccc([S+](C)[O-])c2)cc1/C(=C/C=N)Nc1ccc(OC(F)(F)F)cc1. The molecule has 1 aromatic heterocycles. The second-order valence-corrected chi connectivity index (χ2v) is 10.1. The predicted octanol–water partition coefficient (Wildman–Crippen LogP) is 7.61. The molecule has 1 heterocycles. The molecule has 0 spiro atoms. The van der Waals surface area contributed by atoms with E-state index in [1.54, 1.807) is 42.5 Å². The van der Waals surface area contributed by atoms with Crippen LogP contribution in [0.1, 0.15) is 17.1 Å². The highest BCUT2D eigenvalue weighted by Crippen LogP contribution is 2.34. The highest BCUT2D eigenvalue weighted by molar-refractivity contribution is 7.90. The average Bonchev–Trinajstić information content (AvgIpc) is 3.30. The Morgan fingerprint density at radius 1 is 1.00 bits per heavy atom. The fourth-order valence-corrected chi connectivity index (χ4v) is 4.59. The van der Waals surface area contributed by atoms with Gasteiger partial charge in [-0.3, -0.25) is 0 Å². The summed E-state index contributed by atoms with van der Waals surface area (Å²) in [7, 11) is 0. The fourth-order valence-electron chi connectivity index (χ4n) is 4.03. The summed E-state index contributed by atoms with van der Waals surface area (Å²) in [6.45, 7) is 1.42. The van der Waals surface area contributed by atoms with Crippen molar-refractivity contribution in [3.8, 4) is 22.6 Å². The molecule has 0 bridgehead atoms. The monoisotopic (exact) mass is 592 g/mol. The summed E-state index contributed by atoms with van der Waals surface area (Å²) < 4.78 is 95.3. The van der Waals surface area contributed by atoms with E-state index in [1.165, 1.54) is 36.0 Å². The number of hydrogen-bond donors (Lipinski definition) is 2. The highest BCUT2D eigenvalue weighted by atomic mass is 32.2. The van der Waals surface area contributed by atoms with Gasteiger partial charge >= 0.3 is 12.5 Å². The van der Waals surface area contributed by atoms with Crippen LogP contribution in [0.25, 0.3) is 22.5 Å². The molecular weight excluding hydrogens is 570 g/mol. The number of imidazole rings is 1. The molecule has 4 aromatic rings. The number of benzene rings is 3. The van der Waals surface area contributed by atoms with Crippen molar-refractivity contribution in [3.63, 3.8) is 0 Å². The summed E-state index contributed by atoms with van der Waals surface area (Å²) in [4.78, 5) is 4.23. The first-order valence-electron chi connectivity index (χ1n) is 11.8. The average molecular weight is 593 g/mol. The molecule has 0 saturated carbocycles. The minimum atomic E-state index is -4.87. The molecule has 0 aliphatic rings. The molecule has 1 atom stereocenters.